The largest absolute Gasteiger partial charge is 0.423 e. The maximum absolute atomic E-state index is 12.3. The molecule has 1 fully saturated rings. The van der Waals surface area contributed by atoms with E-state index in [0.29, 0.717) is 17.3 Å². The molecule has 1 amide bonds. The van der Waals surface area contributed by atoms with Crippen LogP contribution < -0.4 is 10.9 Å². The van der Waals surface area contributed by atoms with E-state index in [2.05, 4.69) is 26.1 Å². The Morgan fingerprint density at radius 2 is 1.94 bits per heavy atom. The number of nitrogens with zero attached hydrogens (tertiary/aromatic N) is 3. The number of thioether (sulfide) groups is 1. The number of rotatable bonds is 6. The van der Waals surface area contributed by atoms with Crippen LogP contribution in [0.25, 0.3) is 27.4 Å². The van der Waals surface area contributed by atoms with Crippen LogP contribution >= 0.6 is 11.8 Å². The Morgan fingerprint density at radius 3 is 2.77 bits per heavy atom. The first-order chi connectivity index (χ1) is 17.1. The van der Waals surface area contributed by atoms with Crippen LogP contribution in [0.5, 0.6) is 0 Å². The molecule has 6 rings (SSSR count). The highest BCUT2D eigenvalue weighted by atomic mass is 32.2. The maximum Gasteiger partial charge on any atom is 0.336 e. The van der Waals surface area contributed by atoms with E-state index in [9.17, 15) is 9.59 Å². The Kier molecular flexibility index (Phi) is 5.37. The predicted molar refractivity (Wildman–Crippen MR) is 137 cm³/mol. The highest BCUT2D eigenvalue weighted by Gasteiger charge is 2.31. The van der Waals surface area contributed by atoms with E-state index in [-0.39, 0.29) is 11.5 Å². The van der Waals surface area contributed by atoms with E-state index >= 15 is 0 Å². The quantitative estimate of drug-likeness (QED) is 0.191. The van der Waals surface area contributed by atoms with Gasteiger partial charge in [0.1, 0.15) is 11.4 Å². The number of carbonyl (C=O) groups is 1. The van der Waals surface area contributed by atoms with Crippen molar-refractivity contribution in [2.75, 3.05) is 5.32 Å². The first-order valence-electron chi connectivity index (χ1n) is 11.5. The Hall–Kier alpha value is -3.91. The van der Waals surface area contributed by atoms with E-state index < -0.39 is 0 Å². The number of aromatic nitrogens is 3. The summed E-state index contributed by atoms with van der Waals surface area (Å²) in [5.74, 6) is 1.72. The topological polar surface area (TPSA) is 90.0 Å². The van der Waals surface area contributed by atoms with E-state index in [0.717, 1.165) is 56.9 Å². The lowest BCUT2D eigenvalue weighted by atomic mass is 10.0. The van der Waals surface area contributed by atoms with Crippen molar-refractivity contribution in [3.63, 3.8) is 0 Å². The molecular weight excluding hydrogens is 460 g/mol. The van der Waals surface area contributed by atoms with Gasteiger partial charge in [0.15, 0.2) is 5.16 Å². The van der Waals surface area contributed by atoms with Crippen LogP contribution in [0.2, 0.25) is 0 Å². The van der Waals surface area contributed by atoms with Gasteiger partial charge in [-0.3, -0.25) is 9.36 Å². The third kappa shape index (κ3) is 4.21. The SMILES string of the molecule is CC(=O)Nc1cccc(-n2c(SCc3cc(=O)oc4ccc5ccccc5c34)nnc2C2CC2)c1. The molecule has 0 radical (unpaired) electrons. The molecular formula is C27H22N4O3S. The second kappa shape index (κ2) is 8.70. The molecule has 0 unspecified atom stereocenters. The third-order valence-electron chi connectivity index (χ3n) is 6.10. The number of anilines is 1. The van der Waals surface area contributed by atoms with Crippen LogP contribution in [0.15, 0.2) is 81.1 Å². The number of hydrogen-bond acceptors (Lipinski definition) is 6. The molecule has 8 heteroatoms. The fraction of sp³-hybridized carbons (Fsp3) is 0.185. The standard InChI is InChI=1S/C27H22N4O3S/c1-16(32)28-20-6-4-7-21(14-20)31-26(18-9-10-18)29-30-27(31)35-15-19-13-24(33)34-23-12-11-17-5-2-3-8-22(17)25(19)23/h2-8,11-14,18H,9-10,15H2,1H3,(H,28,32). The van der Waals surface area contributed by atoms with Gasteiger partial charge in [-0.2, -0.15) is 0 Å². The minimum absolute atomic E-state index is 0.120. The van der Waals surface area contributed by atoms with Crippen molar-refractivity contribution < 1.29 is 9.21 Å². The molecule has 0 saturated heterocycles. The normalized spacial score (nSPS) is 13.4. The molecule has 1 aliphatic rings. The molecule has 35 heavy (non-hydrogen) atoms. The van der Waals surface area contributed by atoms with Crippen LogP contribution in [-0.4, -0.2) is 20.7 Å². The van der Waals surface area contributed by atoms with Crippen molar-refractivity contribution in [1.82, 2.24) is 14.8 Å². The predicted octanol–water partition coefficient (Wildman–Crippen LogP) is 5.66. The average Bonchev–Trinajstić information content (AvgIpc) is 3.61. The van der Waals surface area contributed by atoms with Crippen molar-refractivity contribution in [2.45, 2.75) is 36.6 Å². The molecule has 0 bridgehead atoms. The Balaban J connectivity index is 1.41. The molecule has 2 aromatic heterocycles. The highest BCUT2D eigenvalue weighted by molar-refractivity contribution is 7.98. The van der Waals surface area contributed by atoms with Gasteiger partial charge >= 0.3 is 5.63 Å². The maximum atomic E-state index is 12.3. The zero-order valence-electron chi connectivity index (χ0n) is 19.0. The third-order valence-corrected chi connectivity index (χ3v) is 7.07. The average molecular weight is 483 g/mol. The minimum atomic E-state index is -0.369. The fourth-order valence-electron chi connectivity index (χ4n) is 4.43. The molecule has 1 N–H and O–H groups in total. The molecule has 174 valence electrons. The molecule has 1 aliphatic carbocycles. The van der Waals surface area contributed by atoms with Crippen LogP contribution in [-0.2, 0) is 10.5 Å². The van der Waals surface area contributed by atoms with Gasteiger partial charge in [0.2, 0.25) is 5.91 Å². The second-order valence-corrected chi connectivity index (χ2v) is 9.66. The van der Waals surface area contributed by atoms with Gasteiger partial charge in [-0.25, -0.2) is 4.79 Å². The van der Waals surface area contributed by atoms with Gasteiger partial charge in [-0.05, 0) is 53.4 Å². The molecule has 7 nitrogen and oxygen atoms in total. The highest BCUT2D eigenvalue weighted by Crippen LogP contribution is 2.42. The number of amides is 1. The monoisotopic (exact) mass is 482 g/mol. The molecule has 3 aromatic carbocycles. The second-order valence-electron chi connectivity index (χ2n) is 8.72. The Morgan fingerprint density at radius 1 is 1.09 bits per heavy atom. The lowest BCUT2D eigenvalue weighted by molar-refractivity contribution is -0.114. The van der Waals surface area contributed by atoms with Crippen LogP contribution in [0, 0.1) is 0 Å². The Labute approximate surface area is 205 Å². The molecule has 1 saturated carbocycles. The lowest BCUT2D eigenvalue weighted by Gasteiger charge is -2.12. The van der Waals surface area contributed by atoms with Crippen LogP contribution in [0.3, 0.4) is 0 Å². The Bertz CT molecular complexity index is 1650. The summed E-state index contributed by atoms with van der Waals surface area (Å²) in [7, 11) is 0. The van der Waals surface area contributed by atoms with E-state index in [4.69, 9.17) is 4.42 Å². The molecule has 5 aromatic rings. The number of hydrogen-bond donors (Lipinski definition) is 1. The summed E-state index contributed by atoms with van der Waals surface area (Å²) in [5, 5.41) is 15.7. The molecule has 0 spiro atoms. The van der Waals surface area contributed by atoms with Gasteiger partial charge < -0.3 is 9.73 Å². The van der Waals surface area contributed by atoms with Gasteiger partial charge in [-0.15, -0.1) is 10.2 Å². The van der Waals surface area contributed by atoms with Gasteiger partial charge in [0.25, 0.3) is 0 Å². The number of carbonyl (C=O) groups excluding carboxylic acids is 1. The zero-order valence-corrected chi connectivity index (χ0v) is 19.8. The summed E-state index contributed by atoms with van der Waals surface area (Å²) < 4.78 is 7.58. The van der Waals surface area contributed by atoms with Gasteiger partial charge in [0, 0.05) is 35.7 Å². The summed E-state index contributed by atoms with van der Waals surface area (Å²) in [5.41, 5.74) is 2.72. The summed E-state index contributed by atoms with van der Waals surface area (Å²) in [6.07, 6.45) is 2.18. The number of nitrogens with one attached hydrogen (secondary N) is 1. The zero-order chi connectivity index (χ0) is 23.9. The van der Waals surface area contributed by atoms with Crippen LogP contribution in [0.1, 0.15) is 37.1 Å². The summed E-state index contributed by atoms with van der Waals surface area (Å²) in [4.78, 5) is 23.9. The number of fused-ring (bicyclic) bond motifs is 3. The summed E-state index contributed by atoms with van der Waals surface area (Å²) >= 11 is 1.53. The lowest BCUT2D eigenvalue weighted by Crippen LogP contribution is -2.07. The van der Waals surface area contributed by atoms with Crippen molar-refractivity contribution >= 4 is 45.1 Å². The first-order valence-corrected chi connectivity index (χ1v) is 12.5. The van der Waals surface area contributed by atoms with Crippen molar-refractivity contribution in [3.05, 3.63) is 88.5 Å². The van der Waals surface area contributed by atoms with Gasteiger partial charge in [-0.1, -0.05) is 48.2 Å². The van der Waals surface area contributed by atoms with E-state index in [1.807, 2.05) is 54.6 Å². The van der Waals surface area contributed by atoms with Gasteiger partial charge in [0.05, 0.1) is 5.69 Å². The van der Waals surface area contributed by atoms with Crippen molar-refractivity contribution in [2.24, 2.45) is 0 Å². The molecule has 2 heterocycles. The van der Waals surface area contributed by atoms with Crippen LogP contribution in [0.4, 0.5) is 5.69 Å². The number of benzene rings is 3. The van der Waals surface area contributed by atoms with Crippen molar-refractivity contribution in [3.8, 4) is 5.69 Å². The van der Waals surface area contributed by atoms with E-state index in [1.165, 1.54) is 18.7 Å². The minimum Gasteiger partial charge on any atom is -0.423 e. The summed E-state index contributed by atoms with van der Waals surface area (Å²) in [6.45, 7) is 1.49. The first kappa shape index (κ1) is 21.6. The fourth-order valence-corrected chi connectivity index (χ4v) is 5.36. The van der Waals surface area contributed by atoms with E-state index in [1.54, 1.807) is 6.07 Å². The summed E-state index contributed by atoms with van der Waals surface area (Å²) in [6, 6.07) is 21.2. The molecule has 0 atom stereocenters. The van der Waals surface area contributed by atoms with Crippen molar-refractivity contribution in [1.29, 1.82) is 0 Å². The molecule has 0 aliphatic heterocycles. The smallest absolute Gasteiger partial charge is 0.336 e.